The number of hydrogen-bond donors (Lipinski definition) is 1. The molecule has 1 aliphatic heterocycles. The highest BCUT2D eigenvalue weighted by molar-refractivity contribution is 5.90. The number of urea groups is 1. The van der Waals surface area contributed by atoms with E-state index in [0.717, 1.165) is 55.6 Å². The molecule has 0 radical (unpaired) electrons. The maximum absolute atomic E-state index is 13.6. The molecule has 1 N–H and O–H groups in total. The normalized spacial score (nSPS) is 18.0. The monoisotopic (exact) mass is 353 g/mol. The van der Waals surface area contributed by atoms with Gasteiger partial charge in [0.2, 0.25) is 0 Å². The number of aromatic nitrogens is 1. The Labute approximate surface area is 153 Å². The third kappa shape index (κ3) is 3.71. The third-order valence-electron chi connectivity index (χ3n) is 5.41. The second kappa shape index (κ2) is 7.06. The molecule has 1 saturated heterocycles. The molecule has 4 rings (SSSR count). The topological polar surface area (TPSA) is 45.2 Å². The number of nitrogens with one attached hydrogen (secondary N) is 1. The third-order valence-corrected chi connectivity index (χ3v) is 5.41. The van der Waals surface area contributed by atoms with Gasteiger partial charge < -0.3 is 10.2 Å². The first kappa shape index (κ1) is 17.0. The van der Waals surface area contributed by atoms with Crippen LogP contribution in [-0.2, 0) is 0 Å². The van der Waals surface area contributed by atoms with Crippen molar-refractivity contribution in [2.75, 3.05) is 18.4 Å². The van der Waals surface area contributed by atoms with Crippen LogP contribution in [0.25, 0.3) is 11.1 Å². The first-order valence-corrected chi connectivity index (χ1v) is 9.41. The number of amides is 2. The van der Waals surface area contributed by atoms with Gasteiger partial charge in [0.05, 0.1) is 6.20 Å². The number of pyridine rings is 1. The van der Waals surface area contributed by atoms with Gasteiger partial charge in [-0.1, -0.05) is 13.0 Å². The van der Waals surface area contributed by atoms with Crippen molar-refractivity contribution in [3.63, 3.8) is 0 Å². The van der Waals surface area contributed by atoms with Crippen LogP contribution in [0.1, 0.15) is 44.1 Å². The summed E-state index contributed by atoms with van der Waals surface area (Å²) in [5.41, 5.74) is 3.68. The standard InChI is InChI=1S/C21H24FN3O/c1-14-6-8-25(9-7-14)21(26)24-18-4-5-19(15-2-3-15)20(11-18)16-10-17(22)13-23-12-16/h4-5,10-15H,2-3,6-9H2,1H3,(H,24,26). The van der Waals surface area contributed by atoms with E-state index in [1.807, 2.05) is 17.0 Å². The highest BCUT2D eigenvalue weighted by atomic mass is 19.1. The molecule has 136 valence electrons. The van der Waals surface area contributed by atoms with E-state index >= 15 is 0 Å². The van der Waals surface area contributed by atoms with Crippen LogP contribution < -0.4 is 5.32 Å². The number of carbonyl (C=O) groups is 1. The smallest absolute Gasteiger partial charge is 0.321 e. The van der Waals surface area contributed by atoms with E-state index in [2.05, 4.69) is 23.3 Å². The van der Waals surface area contributed by atoms with Crippen molar-refractivity contribution in [1.82, 2.24) is 9.88 Å². The van der Waals surface area contributed by atoms with E-state index in [9.17, 15) is 9.18 Å². The predicted octanol–water partition coefficient (Wildman–Crippen LogP) is 5.03. The van der Waals surface area contributed by atoms with Crippen molar-refractivity contribution in [2.45, 2.75) is 38.5 Å². The SMILES string of the molecule is CC1CCN(C(=O)Nc2ccc(C3CC3)c(-c3cncc(F)c3)c2)CC1. The fraction of sp³-hybridized carbons (Fsp3) is 0.429. The average molecular weight is 353 g/mol. The molecule has 2 aliphatic rings. The van der Waals surface area contributed by atoms with E-state index in [4.69, 9.17) is 0 Å². The summed E-state index contributed by atoms with van der Waals surface area (Å²) in [6.07, 6.45) is 7.31. The van der Waals surface area contributed by atoms with Crippen LogP contribution in [0.3, 0.4) is 0 Å². The molecule has 2 fully saturated rings. The summed E-state index contributed by atoms with van der Waals surface area (Å²) in [6.45, 7) is 3.83. The zero-order valence-electron chi connectivity index (χ0n) is 15.0. The summed E-state index contributed by atoms with van der Waals surface area (Å²) in [6, 6.07) is 7.42. The zero-order chi connectivity index (χ0) is 18.1. The zero-order valence-corrected chi connectivity index (χ0v) is 15.0. The van der Waals surface area contributed by atoms with Gasteiger partial charge in [0.1, 0.15) is 5.82 Å². The van der Waals surface area contributed by atoms with Gasteiger partial charge in [-0.25, -0.2) is 9.18 Å². The summed E-state index contributed by atoms with van der Waals surface area (Å²) < 4.78 is 13.6. The number of anilines is 1. The fourth-order valence-electron chi connectivity index (χ4n) is 3.61. The Hall–Kier alpha value is -2.43. The fourth-order valence-corrected chi connectivity index (χ4v) is 3.61. The average Bonchev–Trinajstić information content (AvgIpc) is 3.47. The van der Waals surface area contributed by atoms with Crippen LogP contribution in [0.2, 0.25) is 0 Å². The predicted molar refractivity (Wildman–Crippen MR) is 101 cm³/mol. The lowest BCUT2D eigenvalue weighted by Crippen LogP contribution is -2.40. The van der Waals surface area contributed by atoms with E-state index < -0.39 is 0 Å². The van der Waals surface area contributed by atoms with E-state index in [0.29, 0.717) is 11.8 Å². The van der Waals surface area contributed by atoms with Crippen molar-refractivity contribution in [2.24, 2.45) is 5.92 Å². The molecular formula is C21H24FN3O. The van der Waals surface area contributed by atoms with Gasteiger partial charge in [-0.2, -0.15) is 0 Å². The summed E-state index contributed by atoms with van der Waals surface area (Å²) in [5, 5.41) is 3.01. The van der Waals surface area contributed by atoms with E-state index in [1.165, 1.54) is 17.8 Å². The second-order valence-corrected chi connectivity index (χ2v) is 7.57. The molecule has 1 aliphatic carbocycles. The Morgan fingerprint density at radius 1 is 1.15 bits per heavy atom. The van der Waals surface area contributed by atoms with Crippen LogP contribution in [0, 0.1) is 11.7 Å². The van der Waals surface area contributed by atoms with E-state index in [1.54, 1.807) is 6.20 Å². The molecule has 2 amide bonds. The minimum Gasteiger partial charge on any atom is -0.325 e. The molecule has 1 saturated carbocycles. The molecule has 0 spiro atoms. The van der Waals surface area contributed by atoms with Gasteiger partial charge in [-0.15, -0.1) is 0 Å². The van der Waals surface area contributed by atoms with Crippen molar-refractivity contribution in [3.05, 3.63) is 48.0 Å². The number of piperidine rings is 1. The first-order valence-electron chi connectivity index (χ1n) is 9.41. The van der Waals surface area contributed by atoms with Crippen LogP contribution in [0.4, 0.5) is 14.9 Å². The quantitative estimate of drug-likeness (QED) is 0.841. The molecule has 1 aromatic heterocycles. The molecule has 2 aromatic rings. The van der Waals surface area contributed by atoms with Crippen LogP contribution >= 0.6 is 0 Å². The van der Waals surface area contributed by atoms with Crippen molar-refractivity contribution in [3.8, 4) is 11.1 Å². The second-order valence-electron chi connectivity index (χ2n) is 7.57. The molecule has 1 aromatic carbocycles. The minimum absolute atomic E-state index is 0.0561. The molecule has 0 unspecified atom stereocenters. The van der Waals surface area contributed by atoms with Crippen molar-refractivity contribution in [1.29, 1.82) is 0 Å². The molecule has 0 atom stereocenters. The van der Waals surface area contributed by atoms with Crippen LogP contribution in [0.15, 0.2) is 36.7 Å². The van der Waals surface area contributed by atoms with Gasteiger partial charge in [0.15, 0.2) is 0 Å². The van der Waals surface area contributed by atoms with Gasteiger partial charge in [-0.3, -0.25) is 4.98 Å². The molecule has 26 heavy (non-hydrogen) atoms. The minimum atomic E-state index is -0.346. The molecule has 4 nitrogen and oxygen atoms in total. The lowest BCUT2D eigenvalue weighted by Gasteiger charge is -2.30. The number of rotatable bonds is 3. The Bertz CT molecular complexity index is 811. The number of benzene rings is 1. The Kier molecular flexibility index (Phi) is 4.62. The largest absolute Gasteiger partial charge is 0.325 e. The first-order chi connectivity index (χ1) is 12.6. The maximum atomic E-state index is 13.6. The molecular weight excluding hydrogens is 329 g/mol. The summed E-state index contributed by atoms with van der Waals surface area (Å²) in [4.78, 5) is 18.4. The number of nitrogens with zero attached hydrogens (tertiary/aromatic N) is 2. The van der Waals surface area contributed by atoms with Crippen LogP contribution in [0.5, 0.6) is 0 Å². The molecule has 5 heteroatoms. The van der Waals surface area contributed by atoms with Gasteiger partial charge in [0, 0.05) is 30.5 Å². The van der Waals surface area contributed by atoms with Gasteiger partial charge in [0.25, 0.3) is 0 Å². The summed E-state index contributed by atoms with van der Waals surface area (Å²) in [7, 11) is 0. The molecule has 2 heterocycles. The van der Waals surface area contributed by atoms with E-state index in [-0.39, 0.29) is 11.8 Å². The number of carbonyl (C=O) groups excluding carboxylic acids is 1. The maximum Gasteiger partial charge on any atom is 0.321 e. The Balaban J connectivity index is 1.57. The Morgan fingerprint density at radius 2 is 1.92 bits per heavy atom. The van der Waals surface area contributed by atoms with Gasteiger partial charge in [-0.05, 0) is 66.8 Å². The van der Waals surface area contributed by atoms with Crippen molar-refractivity contribution >= 4 is 11.7 Å². The highest BCUT2D eigenvalue weighted by Crippen LogP contribution is 2.45. The summed E-state index contributed by atoms with van der Waals surface area (Å²) in [5.74, 6) is 0.867. The van der Waals surface area contributed by atoms with Crippen molar-refractivity contribution < 1.29 is 9.18 Å². The van der Waals surface area contributed by atoms with Crippen LogP contribution in [-0.4, -0.2) is 29.0 Å². The molecule has 0 bridgehead atoms. The number of hydrogen-bond acceptors (Lipinski definition) is 2. The summed E-state index contributed by atoms with van der Waals surface area (Å²) >= 11 is 0. The Morgan fingerprint density at radius 3 is 2.62 bits per heavy atom. The highest BCUT2D eigenvalue weighted by Gasteiger charge is 2.27. The van der Waals surface area contributed by atoms with Gasteiger partial charge >= 0.3 is 6.03 Å². The lowest BCUT2D eigenvalue weighted by atomic mass is 9.97. The lowest BCUT2D eigenvalue weighted by molar-refractivity contribution is 0.186. The number of halogens is 1. The number of likely N-dealkylation sites (tertiary alicyclic amines) is 1.